The van der Waals surface area contributed by atoms with Crippen molar-refractivity contribution in [2.75, 3.05) is 0 Å². The molecule has 1 aromatic heterocycles. The van der Waals surface area contributed by atoms with Crippen LogP contribution in [-0.4, -0.2) is 10.9 Å². The Morgan fingerprint density at radius 1 is 1.50 bits per heavy atom. The number of hydrogen-bond acceptors (Lipinski definition) is 2. The molecule has 0 saturated carbocycles. The van der Waals surface area contributed by atoms with Gasteiger partial charge in [0, 0.05) is 18.8 Å². The van der Waals surface area contributed by atoms with Crippen LogP contribution < -0.4 is 5.32 Å². The lowest BCUT2D eigenvalue weighted by molar-refractivity contribution is -0.123. The predicted molar refractivity (Wildman–Crippen MR) is 64.9 cm³/mol. The fourth-order valence-electron chi connectivity index (χ4n) is 1.49. The maximum Gasteiger partial charge on any atom is 0.220 e. The summed E-state index contributed by atoms with van der Waals surface area (Å²) in [5.74, 6) is 0.0869. The number of nitrogens with one attached hydrogen (secondary N) is 1. The molecule has 0 unspecified atom stereocenters. The molecule has 1 heterocycles. The molecule has 0 fully saturated rings. The molecule has 3 heteroatoms. The van der Waals surface area contributed by atoms with Gasteiger partial charge in [-0.1, -0.05) is 26.8 Å². The van der Waals surface area contributed by atoms with Crippen LogP contribution in [0.2, 0.25) is 0 Å². The van der Waals surface area contributed by atoms with Gasteiger partial charge in [-0.05, 0) is 24.0 Å². The van der Waals surface area contributed by atoms with E-state index in [0.717, 1.165) is 5.56 Å². The zero-order valence-electron chi connectivity index (χ0n) is 10.4. The molecule has 16 heavy (non-hydrogen) atoms. The van der Waals surface area contributed by atoms with Crippen LogP contribution in [0, 0.1) is 5.41 Å². The van der Waals surface area contributed by atoms with Crippen molar-refractivity contribution in [3.63, 3.8) is 0 Å². The highest BCUT2D eigenvalue weighted by Crippen LogP contribution is 2.19. The lowest BCUT2D eigenvalue weighted by Gasteiger charge is -2.20. The molecule has 0 saturated heterocycles. The van der Waals surface area contributed by atoms with Gasteiger partial charge < -0.3 is 5.32 Å². The van der Waals surface area contributed by atoms with E-state index in [0.29, 0.717) is 6.42 Å². The molecule has 0 spiro atoms. The van der Waals surface area contributed by atoms with Crippen LogP contribution in [0.25, 0.3) is 0 Å². The Kier molecular flexibility index (Phi) is 4.05. The molecule has 88 valence electrons. The zero-order chi connectivity index (χ0) is 12.2. The van der Waals surface area contributed by atoms with Crippen molar-refractivity contribution in [2.45, 2.75) is 40.2 Å². The van der Waals surface area contributed by atoms with Gasteiger partial charge in [0.2, 0.25) is 5.91 Å². The standard InChI is InChI=1S/C13H20N2O/c1-10(11-6-5-7-14-9-11)15-12(16)8-13(2,3)4/h5-7,9-10H,8H2,1-4H3,(H,15,16)/t10-/m1/s1. The van der Waals surface area contributed by atoms with Gasteiger partial charge in [0.05, 0.1) is 6.04 Å². The van der Waals surface area contributed by atoms with E-state index < -0.39 is 0 Å². The molecule has 1 atom stereocenters. The highest BCUT2D eigenvalue weighted by molar-refractivity contribution is 5.77. The van der Waals surface area contributed by atoms with Crippen molar-refractivity contribution in [3.05, 3.63) is 30.1 Å². The Morgan fingerprint density at radius 3 is 2.69 bits per heavy atom. The van der Waals surface area contributed by atoms with Gasteiger partial charge in [0.1, 0.15) is 0 Å². The summed E-state index contributed by atoms with van der Waals surface area (Å²) in [6.45, 7) is 8.14. The zero-order valence-corrected chi connectivity index (χ0v) is 10.4. The fraction of sp³-hybridized carbons (Fsp3) is 0.538. The number of hydrogen-bond donors (Lipinski definition) is 1. The fourth-order valence-corrected chi connectivity index (χ4v) is 1.49. The molecule has 0 aromatic carbocycles. The third kappa shape index (κ3) is 4.43. The number of carbonyl (C=O) groups excluding carboxylic acids is 1. The highest BCUT2D eigenvalue weighted by Gasteiger charge is 2.17. The number of carbonyl (C=O) groups is 1. The van der Waals surface area contributed by atoms with Crippen LogP contribution in [0.3, 0.4) is 0 Å². The molecule has 1 aromatic rings. The highest BCUT2D eigenvalue weighted by atomic mass is 16.1. The Hall–Kier alpha value is -1.38. The number of rotatable bonds is 3. The van der Waals surface area contributed by atoms with E-state index in [1.54, 1.807) is 12.4 Å². The Balaban J connectivity index is 2.52. The van der Waals surface area contributed by atoms with E-state index in [-0.39, 0.29) is 17.4 Å². The van der Waals surface area contributed by atoms with E-state index in [1.807, 2.05) is 19.1 Å². The predicted octanol–water partition coefficient (Wildman–Crippen LogP) is 2.70. The maximum absolute atomic E-state index is 11.7. The summed E-state index contributed by atoms with van der Waals surface area (Å²) in [5.41, 5.74) is 1.06. The molecule has 0 aliphatic carbocycles. The van der Waals surface area contributed by atoms with Gasteiger partial charge in [0.25, 0.3) is 0 Å². The van der Waals surface area contributed by atoms with Crippen LogP contribution in [0.5, 0.6) is 0 Å². The Labute approximate surface area is 97.3 Å². The topological polar surface area (TPSA) is 42.0 Å². The molecular formula is C13H20N2O. The second kappa shape index (κ2) is 5.10. The lowest BCUT2D eigenvalue weighted by atomic mass is 9.92. The molecule has 0 bridgehead atoms. The molecule has 0 aliphatic rings. The van der Waals surface area contributed by atoms with Crippen molar-refractivity contribution in [1.29, 1.82) is 0 Å². The van der Waals surface area contributed by atoms with Gasteiger partial charge in [-0.2, -0.15) is 0 Å². The Bertz CT molecular complexity index is 341. The maximum atomic E-state index is 11.7. The summed E-state index contributed by atoms with van der Waals surface area (Å²) in [7, 11) is 0. The largest absolute Gasteiger partial charge is 0.350 e. The summed E-state index contributed by atoms with van der Waals surface area (Å²) in [6, 6.07) is 3.86. The van der Waals surface area contributed by atoms with Crippen LogP contribution in [-0.2, 0) is 4.79 Å². The van der Waals surface area contributed by atoms with Crippen LogP contribution in [0.4, 0.5) is 0 Å². The molecule has 1 N–H and O–H groups in total. The summed E-state index contributed by atoms with van der Waals surface area (Å²) >= 11 is 0. The van der Waals surface area contributed by atoms with Gasteiger partial charge >= 0.3 is 0 Å². The smallest absolute Gasteiger partial charge is 0.220 e. The minimum Gasteiger partial charge on any atom is -0.350 e. The van der Waals surface area contributed by atoms with Crippen molar-refractivity contribution in [1.82, 2.24) is 10.3 Å². The third-order valence-corrected chi connectivity index (χ3v) is 2.25. The van der Waals surface area contributed by atoms with Gasteiger partial charge in [-0.15, -0.1) is 0 Å². The van der Waals surface area contributed by atoms with E-state index in [4.69, 9.17) is 0 Å². The summed E-state index contributed by atoms with van der Waals surface area (Å²) in [5, 5.41) is 2.97. The first kappa shape index (κ1) is 12.7. The normalized spacial score (nSPS) is 13.2. The van der Waals surface area contributed by atoms with Crippen molar-refractivity contribution >= 4 is 5.91 Å². The first-order chi connectivity index (χ1) is 7.38. The quantitative estimate of drug-likeness (QED) is 0.851. The second-order valence-electron chi connectivity index (χ2n) is 5.31. The van der Waals surface area contributed by atoms with Crippen LogP contribution >= 0.6 is 0 Å². The molecule has 1 rings (SSSR count). The summed E-state index contributed by atoms with van der Waals surface area (Å²) in [6.07, 6.45) is 4.05. The van der Waals surface area contributed by atoms with Crippen LogP contribution in [0.1, 0.15) is 45.7 Å². The monoisotopic (exact) mass is 220 g/mol. The van der Waals surface area contributed by atoms with E-state index in [9.17, 15) is 4.79 Å². The minimum atomic E-state index is 0.0172. The molecule has 0 aliphatic heterocycles. The van der Waals surface area contributed by atoms with Crippen molar-refractivity contribution in [2.24, 2.45) is 5.41 Å². The molecule has 0 radical (unpaired) electrons. The van der Waals surface area contributed by atoms with E-state index in [1.165, 1.54) is 0 Å². The number of aromatic nitrogens is 1. The van der Waals surface area contributed by atoms with Gasteiger partial charge in [0.15, 0.2) is 0 Å². The lowest BCUT2D eigenvalue weighted by Crippen LogP contribution is -2.29. The molecule has 1 amide bonds. The van der Waals surface area contributed by atoms with Crippen molar-refractivity contribution < 1.29 is 4.79 Å². The van der Waals surface area contributed by atoms with Crippen molar-refractivity contribution in [3.8, 4) is 0 Å². The second-order valence-corrected chi connectivity index (χ2v) is 5.31. The molecule has 3 nitrogen and oxygen atoms in total. The van der Waals surface area contributed by atoms with Gasteiger partial charge in [-0.25, -0.2) is 0 Å². The number of nitrogens with zero attached hydrogens (tertiary/aromatic N) is 1. The molecular weight excluding hydrogens is 200 g/mol. The third-order valence-electron chi connectivity index (χ3n) is 2.25. The SMILES string of the molecule is C[C@@H](NC(=O)CC(C)(C)C)c1cccnc1. The minimum absolute atomic E-state index is 0.0172. The Morgan fingerprint density at radius 2 is 2.19 bits per heavy atom. The first-order valence-electron chi connectivity index (χ1n) is 5.58. The number of amides is 1. The van der Waals surface area contributed by atoms with E-state index in [2.05, 4.69) is 31.1 Å². The summed E-state index contributed by atoms with van der Waals surface area (Å²) in [4.78, 5) is 15.7. The van der Waals surface area contributed by atoms with Crippen LogP contribution in [0.15, 0.2) is 24.5 Å². The first-order valence-corrected chi connectivity index (χ1v) is 5.58. The van der Waals surface area contributed by atoms with Gasteiger partial charge in [-0.3, -0.25) is 9.78 Å². The van der Waals surface area contributed by atoms with E-state index >= 15 is 0 Å². The summed E-state index contributed by atoms with van der Waals surface area (Å²) < 4.78 is 0. The average Bonchev–Trinajstić information content (AvgIpc) is 2.16. The average molecular weight is 220 g/mol. The number of pyridine rings is 1.